The largest absolute Gasteiger partial charge is 0.383 e. The molecule has 1 aromatic carbocycles. The van der Waals surface area contributed by atoms with E-state index < -0.39 is 0 Å². The first-order chi connectivity index (χ1) is 10.9. The number of carbonyl (C=O) groups excluding carboxylic acids is 1. The fraction of sp³-hybridized carbons (Fsp3) is 0.632. The van der Waals surface area contributed by atoms with Crippen molar-refractivity contribution in [3.8, 4) is 0 Å². The molecule has 1 N–H and O–H groups in total. The van der Waals surface area contributed by atoms with Crippen molar-refractivity contribution in [3.05, 3.63) is 35.4 Å². The van der Waals surface area contributed by atoms with E-state index in [2.05, 4.69) is 50.4 Å². The Morgan fingerprint density at radius 3 is 2.61 bits per heavy atom. The van der Waals surface area contributed by atoms with Crippen molar-refractivity contribution in [2.24, 2.45) is 0 Å². The average Bonchev–Trinajstić information content (AvgIpc) is 3.00. The summed E-state index contributed by atoms with van der Waals surface area (Å²) in [6.45, 7) is 9.25. The highest BCUT2D eigenvalue weighted by Gasteiger charge is 2.29. The summed E-state index contributed by atoms with van der Waals surface area (Å²) in [5.41, 5.74) is 2.74. The third kappa shape index (κ3) is 4.79. The molecule has 0 spiro atoms. The number of hydrogen-bond donors (Lipinski definition) is 1. The van der Waals surface area contributed by atoms with Gasteiger partial charge in [-0.05, 0) is 29.4 Å². The number of likely N-dealkylation sites (tertiary alicyclic amines) is 1. The molecule has 1 atom stereocenters. The van der Waals surface area contributed by atoms with Crippen LogP contribution in [-0.2, 0) is 14.9 Å². The maximum absolute atomic E-state index is 12.4. The smallest absolute Gasteiger partial charge is 0.237 e. The Bertz CT molecular complexity index is 505. The topological polar surface area (TPSA) is 41.6 Å². The van der Waals surface area contributed by atoms with Gasteiger partial charge in [0.15, 0.2) is 0 Å². The normalized spacial score (nSPS) is 18.4. The minimum atomic E-state index is 0.162. The zero-order valence-corrected chi connectivity index (χ0v) is 14.9. The Morgan fingerprint density at radius 1 is 1.30 bits per heavy atom. The van der Waals surface area contributed by atoms with Crippen LogP contribution in [0.15, 0.2) is 24.3 Å². The van der Waals surface area contributed by atoms with E-state index in [1.54, 1.807) is 7.11 Å². The molecule has 1 aliphatic rings. The summed E-state index contributed by atoms with van der Waals surface area (Å²) in [6.07, 6.45) is 2.13. The Balaban J connectivity index is 1.99. The van der Waals surface area contributed by atoms with Crippen LogP contribution in [-0.4, -0.2) is 44.2 Å². The minimum absolute atomic E-state index is 0.162. The van der Waals surface area contributed by atoms with Crippen LogP contribution in [0.5, 0.6) is 0 Å². The molecule has 4 nitrogen and oxygen atoms in total. The Kier molecular flexibility index (Phi) is 6.19. The fourth-order valence-electron chi connectivity index (χ4n) is 3.09. The molecule has 2 rings (SSSR count). The van der Waals surface area contributed by atoms with E-state index in [1.807, 2.05) is 4.90 Å². The average molecular weight is 318 g/mol. The predicted molar refractivity (Wildman–Crippen MR) is 93.6 cm³/mol. The van der Waals surface area contributed by atoms with Gasteiger partial charge in [-0.2, -0.15) is 0 Å². The molecule has 0 radical (unpaired) electrons. The van der Waals surface area contributed by atoms with Crippen LogP contribution in [0.25, 0.3) is 0 Å². The number of nitrogens with zero attached hydrogens (tertiary/aromatic N) is 1. The van der Waals surface area contributed by atoms with Gasteiger partial charge < -0.3 is 15.0 Å². The highest BCUT2D eigenvalue weighted by Crippen LogP contribution is 2.33. The van der Waals surface area contributed by atoms with Gasteiger partial charge in [0.2, 0.25) is 5.91 Å². The second-order valence-corrected chi connectivity index (χ2v) is 7.29. The lowest BCUT2D eigenvalue weighted by Crippen LogP contribution is -2.38. The van der Waals surface area contributed by atoms with E-state index in [0.717, 1.165) is 19.4 Å². The number of rotatable bonds is 6. The molecule has 0 aliphatic carbocycles. The van der Waals surface area contributed by atoms with Crippen molar-refractivity contribution in [1.82, 2.24) is 10.2 Å². The van der Waals surface area contributed by atoms with Crippen LogP contribution in [0, 0.1) is 0 Å². The van der Waals surface area contributed by atoms with Crippen LogP contribution in [0.4, 0.5) is 0 Å². The molecule has 23 heavy (non-hydrogen) atoms. The zero-order valence-electron chi connectivity index (χ0n) is 14.9. The summed E-state index contributed by atoms with van der Waals surface area (Å²) < 4.78 is 4.99. The molecule has 1 heterocycles. The lowest BCUT2D eigenvalue weighted by molar-refractivity contribution is -0.131. The number of amides is 1. The molecule has 1 unspecified atom stereocenters. The molecule has 0 aromatic heterocycles. The van der Waals surface area contributed by atoms with Gasteiger partial charge in [0.25, 0.3) is 0 Å². The summed E-state index contributed by atoms with van der Waals surface area (Å²) in [5, 5.41) is 3.15. The molecule has 0 bridgehead atoms. The van der Waals surface area contributed by atoms with Crippen molar-refractivity contribution < 1.29 is 9.53 Å². The van der Waals surface area contributed by atoms with Crippen LogP contribution in [0.2, 0.25) is 0 Å². The summed E-state index contributed by atoms with van der Waals surface area (Å²) in [5.74, 6) is 0.184. The van der Waals surface area contributed by atoms with Crippen molar-refractivity contribution >= 4 is 5.91 Å². The van der Waals surface area contributed by atoms with Crippen molar-refractivity contribution in [3.63, 3.8) is 0 Å². The highest BCUT2D eigenvalue weighted by molar-refractivity contribution is 5.79. The first-order valence-electron chi connectivity index (χ1n) is 8.53. The number of methoxy groups -OCH3 is 1. The van der Waals surface area contributed by atoms with E-state index in [4.69, 9.17) is 4.74 Å². The number of hydrogen-bond acceptors (Lipinski definition) is 3. The third-order valence-electron chi connectivity index (χ3n) is 4.49. The van der Waals surface area contributed by atoms with E-state index in [1.165, 1.54) is 11.1 Å². The summed E-state index contributed by atoms with van der Waals surface area (Å²) in [7, 11) is 1.67. The van der Waals surface area contributed by atoms with Crippen LogP contribution in [0.1, 0.15) is 50.8 Å². The minimum Gasteiger partial charge on any atom is -0.383 e. The second kappa shape index (κ2) is 7.93. The highest BCUT2D eigenvalue weighted by atomic mass is 16.5. The Labute approximate surface area is 140 Å². The van der Waals surface area contributed by atoms with Crippen molar-refractivity contribution in [1.29, 1.82) is 0 Å². The van der Waals surface area contributed by atoms with E-state index in [-0.39, 0.29) is 17.4 Å². The van der Waals surface area contributed by atoms with Gasteiger partial charge in [0, 0.05) is 20.2 Å². The van der Waals surface area contributed by atoms with Gasteiger partial charge in [-0.3, -0.25) is 4.79 Å². The maximum atomic E-state index is 12.4. The van der Waals surface area contributed by atoms with Gasteiger partial charge in [-0.15, -0.1) is 0 Å². The zero-order chi connectivity index (χ0) is 16.9. The summed E-state index contributed by atoms with van der Waals surface area (Å²) in [4.78, 5) is 14.5. The number of ether oxygens (including phenoxy) is 1. The fourth-order valence-corrected chi connectivity index (χ4v) is 3.09. The van der Waals surface area contributed by atoms with Crippen LogP contribution < -0.4 is 5.32 Å². The molecule has 4 heteroatoms. The number of carbonyl (C=O) groups is 1. The number of nitrogens with one attached hydrogen (secondary N) is 1. The lowest BCUT2D eigenvalue weighted by Gasteiger charge is -2.26. The molecule has 1 amide bonds. The second-order valence-electron chi connectivity index (χ2n) is 7.29. The Morgan fingerprint density at radius 2 is 2.00 bits per heavy atom. The third-order valence-corrected chi connectivity index (χ3v) is 4.49. The molecular weight excluding hydrogens is 288 g/mol. The molecule has 1 saturated heterocycles. The van der Waals surface area contributed by atoms with E-state index in [0.29, 0.717) is 19.7 Å². The first-order valence-corrected chi connectivity index (χ1v) is 8.53. The molecular formula is C19H30N2O2. The standard InChI is InChI=1S/C19H30N2O2/c1-19(2,3)16-9-7-15(8-10-16)17-6-5-12-21(17)18(22)14-20-11-13-23-4/h7-10,17,20H,5-6,11-14H2,1-4H3. The van der Waals surface area contributed by atoms with E-state index >= 15 is 0 Å². The quantitative estimate of drug-likeness (QED) is 0.820. The van der Waals surface area contributed by atoms with Crippen molar-refractivity contribution in [2.75, 3.05) is 33.4 Å². The van der Waals surface area contributed by atoms with E-state index in [9.17, 15) is 4.79 Å². The molecule has 1 aromatic rings. The first kappa shape index (κ1) is 18.0. The maximum Gasteiger partial charge on any atom is 0.237 e. The SMILES string of the molecule is COCCNCC(=O)N1CCCC1c1ccc(C(C)(C)C)cc1. The van der Waals surface area contributed by atoms with Gasteiger partial charge in [0.05, 0.1) is 19.2 Å². The Hall–Kier alpha value is -1.39. The molecule has 128 valence electrons. The monoisotopic (exact) mass is 318 g/mol. The molecule has 1 aliphatic heterocycles. The predicted octanol–water partition coefficient (Wildman–Crippen LogP) is 2.88. The number of benzene rings is 1. The van der Waals surface area contributed by atoms with Gasteiger partial charge in [-0.1, -0.05) is 45.0 Å². The van der Waals surface area contributed by atoms with Crippen LogP contribution in [0.3, 0.4) is 0 Å². The summed E-state index contributed by atoms with van der Waals surface area (Å²) >= 11 is 0. The van der Waals surface area contributed by atoms with Gasteiger partial charge in [0.1, 0.15) is 0 Å². The summed E-state index contributed by atoms with van der Waals surface area (Å²) in [6, 6.07) is 9.01. The lowest BCUT2D eigenvalue weighted by atomic mass is 9.86. The molecule has 1 fully saturated rings. The van der Waals surface area contributed by atoms with Crippen molar-refractivity contribution in [2.45, 2.75) is 45.1 Å². The van der Waals surface area contributed by atoms with Gasteiger partial charge in [-0.25, -0.2) is 0 Å². The van der Waals surface area contributed by atoms with Crippen LogP contribution >= 0.6 is 0 Å². The van der Waals surface area contributed by atoms with Gasteiger partial charge >= 0.3 is 0 Å². The molecule has 0 saturated carbocycles.